The van der Waals surface area contributed by atoms with Crippen LogP contribution in [-0.2, 0) is 6.42 Å². The van der Waals surface area contributed by atoms with Crippen LogP contribution in [0.15, 0.2) is 47.3 Å². The molecule has 1 N–H and O–H groups in total. The average molecular weight is 349 g/mol. The summed E-state index contributed by atoms with van der Waals surface area (Å²) in [7, 11) is 0. The molecule has 0 atom stereocenters. The number of aryl methyl sites for hydroxylation is 2. The van der Waals surface area contributed by atoms with Crippen molar-refractivity contribution in [3.63, 3.8) is 0 Å². The van der Waals surface area contributed by atoms with E-state index in [0.29, 0.717) is 28.3 Å². The van der Waals surface area contributed by atoms with E-state index in [1.807, 2.05) is 6.92 Å². The van der Waals surface area contributed by atoms with E-state index in [9.17, 15) is 9.18 Å². The number of aromatic nitrogens is 2. The predicted octanol–water partition coefficient (Wildman–Crippen LogP) is 4.46. The first kappa shape index (κ1) is 17.4. The summed E-state index contributed by atoms with van der Waals surface area (Å²) in [5.74, 6) is 0.0506. The second-order valence-corrected chi connectivity index (χ2v) is 5.99. The lowest BCUT2D eigenvalue weighted by atomic mass is 10.1. The van der Waals surface area contributed by atoms with E-state index >= 15 is 0 Å². The fourth-order valence-electron chi connectivity index (χ4n) is 2.59. The maximum Gasteiger partial charge on any atom is 0.264 e. The summed E-state index contributed by atoms with van der Waals surface area (Å²) >= 11 is 0. The highest BCUT2D eigenvalue weighted by molar-refractivity contribution is 5.53. The minimum Gasteiger partial charge on any atom is -0.455 e. The first-order valence-corrected chi connectivity index (χ1v) is 7.96. The van der Waals surface area contributed by atoms with Crippen LogP contribution < -0.4 is 10.3 Å². The van der Waals surface area contributed by atoms with E-state index in [-0.39, 0.29) is 17.7 Å². The Labute approximate surface area is 149 Å². The first-order chi connectivity index (χ1) is 12.5. The summed E-state index contributed by atoms with van der Waals surface area (Å²) in [6, 6.07) is 11.4. The molecule has 0 amide bonds. The van der Waals surface area contributed by atoms with Gasteiger partial charge in [-0.05, 0) is 43.2 Å². The molecule has 130 valence electrons. The molecule has 5 nitrogen and oxygen atoms in total. The van der Waals surface area contributed by atoms with Crippen molar-refractivity contribution in [3.8, 4) is 11.5 Å². The number of benzene rings is 2. The van der Waals surface area contributed by atoms with Gasteiger partial charge in [0.1, 0.15) is 5.75 Å². The number of aromatic amines is 1. The Hall–Kier alpha value is -3.46. The molecule has 0 aliphatic rings. The Balaban J connectivity index is 1.95. The van der Waals surface area contributed by atoms with Crippen LogP contribution >= 0.6 is 0 Å². The molecule has 0 saturated heterocycles. The van der Waals surface area contributed by atoms with E-state index < -0.39 is 5.82 Å². The fourth-order valence-corrected chi connectivity index (χ4v) is 2.59. The molecule has 3 rings (SSSR count). The van der Waals surface area contributed by atoms with Crippen LogP contribution in [0, 0.1) is 26.2 Å². The van der Waals surface area contributed by atoms with Crippen molar-refractivity contribution in [2.75, 3.05) is 0 Å². The van der Waals surface area contributed by atoms with E-state index in [4.69, 9.17) is 11.3 Å². The molecule has 6 heteroatoms. The Kier molecular flexibility index (Phi) is 4.81. The van der Waals surface area contributed by atoms with Gasteiger partial charge in [0.15, 0.2) is 17.3 Å². The van der Waals surface area contributed by atoms with E-state index in [2.05, 4.69) is 15.0 Å². The minimum atomic E-state index is -0.483. The van der Waals surface area contributed by atoms with Crippen LogP contribution in [-0.4, -0.2) is 10.2 Å². The van der Waals surface area contributed by atoms with Crippen LogP contribution in [0.1, 0.15) is 22.4 Å². The number of halogens is 1. The van der Waals surface area contributed by atoms with E-state index in [1.54, 1.807) is 43.3 Å². The second-order valence-electron chi connectivity index (χ2n) is 5.99. The number of rotatable bonds is 4. The topological polar surface area (TPSA) is 59.3 Å². The van der Waals surface area contributed by atoms with Crippen LogP contribution in [0.4, 0.5) is 10.1 Å². The summed E-state index contributed by atoms with van der Waals surface area (Å²) < 4.78 is 20.7. The quantitative estimate of drug-likeness (QED) is 0.708. The number of nitrogens with zero attached hydrogens (tertiary/aromatic N) is 2. The molecule has 3 aromatic rings. The molecule has 0 unspecified atom stereocenters. The molecule has 1 aromatic heterocycles. The normalized spacial score (nSPS) is 10.4. The molecular weight excluding hydrogens is 333 g/mol. The molecule has 0 spiro atoms. The number of hydrogen-bond acceptors (Lipinski definition) is 3. The van der Waals surface area contributed by atoms with Crippen LogP contribution in [0.3, 0.4) is 0 Å². The van der Waals surface area contributed by atoms with Crippen molar-refractivity contribution in [2.24, 2.45) is 0 Å². The van der Waals surface area contributed by atoms with Gasteiger partial charge in [-0.25, -0.2) is 14.3 Å². The molecule has 0 radical (unpaired) electrons. The fraction of sp³-hybridized carbons (Fsp3) is 0.150. The average Bonchev–Trinajstić information content (AvgIpc) is 2.62. The first-order valence-electron chi connectivity index (χ1n) is 7.96. The predicted molar refractivity (Wildman–Crippen MR) is 96.3 cm³/mol. The van der Waals surface area contributed by atoms with Gasteiger partial charge in [-0.2, -0.15) is 5.10 Å². The van der Waals surface area contributed by atoms with Gasteiger partial charge >= 0.3 is 0 Å². The smallest absolute Gasteiger partial charge is 0.264 e. The molecule has 0 saturated carbocycles. The van der Waals surface area contributed by atoms with Crippen LogP contribution in [0.25, 0.3) is 4.85 Å². The van der Waals surface area contributed by atoms with Crippen LogP contribution in [0.5, 0.6) is 11.5 Å². The minimum absolute atomic E-state index is 0.119. The van der Waals surface area contributed by atoms with Gasteiger partial charge in [0.25, 0.3) is 5.56 Å². The zero-order chi connectivity index (χ0) is 18.7. The number of nitrogens with one attached hydrogen (secondary N) is 1. The highest BCUT2D eigenvalue weighted by atomic mass is 19.1. The Morgan fingerprint density at radius 3 is 2.69 bits per heavy atom. The van der Waals surface area contributed by atoms with Gasteiger partial charge in [-0.1, -0.05) is 23.8 Å². The zero-order valence-electron chi connectivity index (χ0n) is 14.3. The van der Waals surface area contributed by atoms with Crippen molar-refractivity contribution >= 4 is 5.69 Å². The van der Waals surface area contributed by atoms with Crippen molar-refractivity contribution in [1.29, 1.82) is 0 Å². The van der Waals surface area contributed by atoms with Gasteiger partial charge in [-0.15, -0.1) is 0 Å². The third kappa shape index (κ3) is 3.78. The second kappa shape index (κ2) is 7.19. The lowest BCUT2D eigenvalue weighted by molar-refractivity contribution is 0.435. The molecule has 2 aromatic carbocycles. The van der Waals surface area contributed by atoms with Gasteiger partial charge < -0.3 is 4.74 Å². The Morgan fingerprint density at radius 2 is 2.00 bits per heavy atom. The molecule has 0 aliphatic carbocycles. The van der Waals surface area contributed by atoms with E-state index in [0.717, 1.165) is 5.56 Å². The largest absolute Gasteiger partial charge is 0.455 e. The maximum atomic E-state index is 15.0. The summed E-state index contributed by atoms with van der Waals surface area (Å²) in [5, 5.41) is 6.24. The molecule has 0 fully saturated rings. The number of ether oxygens (including phenoxy) is 1. The molecule has 0 bridgehead atoms. The SMILES string of the molecule is [C-]#[N+]c1cc(C)cc(Oc2c(C)ccc(Cc3ccc(=O)[nH]n3)c2F)c1. The van der Waals surface area contributed by atoms with Gasteiger partial charge in [-0.3, -0.25) is 4.79 Å². The van der Waals surface area contributed by atoms with Crippen molar-refractivity contribution in [2.45, 2.75) is 20.3 Å². The summed E-state index contributed by atoms with van der Waals surface area (Å²) in [4.78, 5) is 14.5. The highest BCUT2D eigenvalue weighted by Gasteiger charge is 2.15. The van der Waals surface area contributed by atoms with Crippen molar-refractivity contribution in [3.05, 3.63) is 92.4 Å². The van der Waals surface area contributed by atoms with Gasteiger partial charge in [0.05, 0.1) is 12.3 Å². The summed E-state index contributed by atoms with van der Waals surface area (Å²) in [6.07, 6.45) is 0.223. The monoisotopic (exact) mass is 349 g/mol. The Morgan fingerprint density at radius 1 is 1.19 bits per heavy atom. The number of hydrogen-bond donors (Lipinski definition) is 1. The third-order valence-corrected chi connectivity index (χ3v) is 3.87. The molecule has 0 aliphatic heterocycles. The molecule has 26 heavy (non-hydrogen) atoms. The van der Waals surface area contributed by atoms with Gasteiger partial charge in [0.2, 0.25) is 0 Å². The Bertz CT molecular complexity index is 1050. The standard InChI is InChI=1S/C20H16FN3O2/c1-12-8-16(22-3)11-17(9-12)26-20-13(2)4-5-14(19(20)21)10-15-6-7-18(25)24-23-15/h4-9,11H,10H2,1-2H3,(H,24,25). The lowest BCUT2D eigenvalue weighted by Crippen LogP contribution is -2.08. The third-order valence-electron chi connectivity index (χ3n) is 3.87. The summed E-state index contributed by atoms with van der Waals surface area (Å²) in [6.45, 7) is 10.7. The van der Waals surface area contributed by atoms with Crippen molar-refractivity contribution in [1.82, 2.24) is 10.2 Å². The van der Waals surface area contributed by atoms with Crippen LogP contribution in [0.2, 0.25) is 0 Å². The van der Waals surface area contributed by atoms with Gasteiger partial charge in [0, 0.05) is 12.5 Å². The molecular formula is C20H16FN3O2. The number of H-pyrrole nitrogens is 1. The van der Waals surface area contributed by atoms with Crippen molar-refractivity contribution < 1.29 is 9.13 Å². The highest BCUT2D eigenvalue weighted by Crippen LogP contribution is 2.33. The lowest BCUT2D eigenvalue weighted by Gasteiger charge is -2.13. The zero-order valence-corrected chi connectivity index (χ0v) is 14.3. The summed E-state index contributed by atoms with van der Waals surface area (Å²) in [5.41, 5.74) is 2.59. The van der Waals surface area contributed by atoms with E-state index in [1.165, 1.54) is 6.07 Å². The maximum absolute atomic E-state index is 15.0. The molecule has 1 heterocycles.